The zero-order valence-electron chi connectivity index (χ0n) is 10.9. The SMILES string of the molecule is CCc1cnc(Cn2c(CCl)nc3ccc(Br)cc32)o1. The molecule has 0 N–H and O–H groups in total. The molecule has 0 bridgehead atoms. The molecule has 0 saturated carbocycles. The molecule has 0 amide bonds. The molecule has 0 aliphatic carbocycles. The lowest BCUT2D eigenvalue weighted by Crippen LogP contribution is -2.04. The van der Waals surface area contributed by atoms with Gasteiger partial charge < -0.3 is 8.98 Å². The summed E-state index contributed by atoms with van der Waals surface area (Å²) in [6.07, 6.45) is 2.61. The maximum absolute atomic E-state index is 6.00. The fourth-order valence-corrected chi connectivity index (χ4v) is 2.70. The second-order valence-corrected chi connectivity index (χ2v) is 5.64. The Morgan fingerprint density at radius 1 is 1.40 bits per heavy atom. The Labute approximate surface area is 129 Å². The minimum Gasteiger partial charge on any atom is -0.444 e. The first kappa shape index (κ1) is 13.6. The second-order valence-electron chi connectivity index (χ2n) is 4.45. The maximum atomic E-state index is 6.00. The molecule has 2 aromatic heterocycles. The van der Waals surface area contributed by atoms with Gasteiger partial charge in [-0.25, -0.2) is 9.97 Å². The van der Waals surface area contributed by atoms with Gasteiger partial charge in [0.2, 0.25) is 5.89 Å². The molecule has 3 rings (SSSR count). The van der Waals surface area contributed by atoms with Gasteiger partial charge in [-0.1, -0.05) is 22.9 Å². The Bertz CT molecular complexity index is 750. The molecule has 4 nitrogen and oxygen atoms in total. The lowest BCUT2D eigenvalue weighted by atomic mass is 10.3. The first-order valence-electron chi connectivity index (χ1n) is 6.35. The zero-order valence-corrected chi connectivity index (χ0v) is 13.3. The minimum atomic E-state index is 0.355. The Hall–Kier alpha value is -1.33. The lowest BCUT2D eigenvalue weighted by Gasteiger charge is -2.05. The number of hydrogen-bond donors (Lipinski definition) is 0. The number of fused-ring (bicyclic) bond motifs is 1. The van der Waals surface area contributed by atoms with Crippen molar-refractivity contribution in [3.05, 3.63) is 46.3 Å². The molecule has 0 unspecified atom stereocenters. The van der Waals surface area contributed by atoms with Crippen LogP contribution in [0.4, 0.5) is 0 Å². The standard InChI is InChI=1S/C14H13BrClN3O/c1-2-10-7-17-14(20-10)8-19-12-5-9(15)3-4-11(12)18-13(19)6-16/h3-5,7H,2,6,8H2,1H3. The molecule has 0 aliphatic heterocycles. The molecule has 2 heterocycles. The van der Waals surface area contributed by atoms with E-state index in [2.05, 4.69) is 25.9 Å². The Morgan fingerprint density at radius 2 is 2.25 bits per heavy atom. The van der Waals surface area contributed by atoms with Gasteiger partial charge >= 0.3 is 0 Å². The summed E-state index contributed by atoms with van der Waals surface area (Å²) in [6, 6.07) is 5.97. The number of nitrogens with zero attached hydrogens (tertiary/aromatic N) is 3. The molecule has 1 aromatic carbocycles. The van der Waals surface area contributed by atoms with Crippen molar-refractivity contribution < 1.29 is 4.42 Å². The summed E-state index contributed by atoms with van der Waals surface area (Å²) in [6.45, 7) is 2.58. The van der Waals surface area contributed by atoms with Gasteiger partial charge in [-0.05, 0) is 18.2 Å². The highest BCUT2D eigenvalue weighted by Crippen LogP contribution is 2.23. The van der Waals surface area contributed by atoms with Crippen LogP contribution in [0, 0.1) is 0 Å². The fourth-order valence-electron chi connectivity index (χ4n) is 2.14. The number of aryl methyl sites for hydroxylation is 1. The average Bonchev–Trinajstić information content (AvgIpc) is 3.04. The molecule has 3 aromatic rings. The highest BCUT2D eigenvalue weighted by atomic mass is 79.9. The topological polar surface area (TPSA) is 43.9 Å². The zero-order chi connectivity index (χ0) is 14.1. The summed E-state index contributed by atoms with van der Waals surface area (Å²) in [7, 11) is 0. The molecule has 0 saturated heterocycles. The number of hydrogen-bond acceptors (Lipinski definition) is 3. The molecule has 104 valence electrons. The van der Waals surface area contributed by atoms with Crippen LogP contribution in [0.15, 0.2) is 33.3 Å². The van der Waals surface area contributed by atoms with Crippen molar-refractivity contribution >= 4 is 38.6 Å². The third kappa shape index (κ3) is 2.47. The monoisotopic (exact) mass is 353 g/mol. The molecule has 0 spiro atoms. The third-order valence-electron chi connectivity index (χ3n) is 3.15. The van der Waals surface area contributed by atoms with E-state index in [4.69, 9.17) is 16.0 Å². The highest BCUT2D eigenvalue weighted by molar-refractivity contribution is 9.10. The first-order chi connectivity index (χ1) is 9.71. The molecular weight excluding hydrogens is 342 g/mol. The average molecular weight is 355 g/mol. The van der Waals surface area contributed by atoms with Crippen LogP contribution in [0.1, 0.15) is 24.4 Å². The molecule has 20 heavy (non-hydrogen) atoms. The van der Waals surface area contributed by atoms with Crippen molar-refractivity contribution in [3.8, 4) is 0 Å². The molecular formula is C14H13BrClN3O. The van der Waals surface area contributed by atoms with Crippen molar-refractivity contribution in [2.75, 3.05) is 0 Å². The summed E-state index contributed by atoms with van der Waals surface area (Å²) in [5, 5.41) is 0. The Balaban J connectivity index is 2.06. The van der Waals surface area contributed by atoms with Crippen LogP contribution in [0.3, 0.4) is 0 Å². The van der Waals surface area contributed by atoms with E-state index in [-0.39, 0.29) is 0 Å². The summed E-state index contributed by atoms with van der Waals surface area (Å²) in [5.41, 5.74) is 1.94. The number of halogens is 2. The van der Waals surface area contributed by atoms with Gasteiger partial charge in [-0.3, -0.25) is 0 Å². The highest BCUT2D eigenvalue weighted by Gasteiger charge is 2.13. The van der Waals surface area contributed by atoms with Crippen molar-refractivity contribution in [2.45, 2.75) is 25.8 Å². The van der Waals surface area contributed by atoms with E-state index >= 15 is 0 Å². The minimum absolute atomic E-state index is 0.355. The van der Waals surface area contributed by atoms with E-state index in [9.17, 15) is 0 Å². The van der Waals surface area contributed by atoms with Gasteiger partial charge in [0.05, 0.1) is 23.1 Å². The van der Waals surface area contributed by atoms with Crippen LogP contribution >= 0.6 is 27.5 Å². The predicted octanol–water partition coefficient (Wildman–Crippen LogP) is 4.14. The van der Waals surface area contributed by atoms with Crippen LogP contribution in [0.25, 0.3) is 11.0 Å². The van der Waals surface area contributed by atoms with E-state index in [1.807, 2.05) is 29.7 Å². The Kier molecular flexibility index (Phi) is 3.81. The Morgan fingerprint density at radius 3 is 2.95 bits per heavy atom. The maximum Gasteiger partial charge on any atom is 0.214 e. The van der Waals surface area contributed by atoms with E-state index in [0.717, 1.165) is 33.5 Å². The number of benzene rings is 1. The van der Waals surface area contributed by atoms with Crippen LogP contribution in [-0.4, -0.2) is 14.5 Å². The predicted molar refractivity (Wildman–Crippen MR) is 82.0 cm³/mol. The molecule has 0 atom stereocenters. The molecule has 6 heteroatoms. The number of imidazole rings is 1. The van der Waals surface area contributed by atoms with Crippen molar-refractivity contribution in [1.29, 1.82) is 0 Å². The van der Waals surface area contributed by atoms with Crippen LogP contribution in [0.2, 0.25) is 0 Å². The van der Waals surface area contributed by atoms with Crippen molar-refractivity contribution in [2.24, 2.45) is 0 Å². The molecule has 0 aliphatic rings. The second kappa shape index (κ2) is 5.58. The quantitative estimate of drug-likeness (QED) is 0.662. The summed E-state index contributed by atoms with van der Waals surface area (Å²) >= 11 is 9.48. The van der Waals surface area contributed by atoms with E-state index in [1.165, 1.54) is 0 Å². The summed E-state index contributed by atoms with van der Waals surface area (Å²) in [4.78, 5) is 8.83. The van der Waals surface area contributed by atoms with Gasteiger partial charge in [-0.15, -0.1) is 11.6 Å². The number of oxazole rings is 1. The van der Waals surface area contributed by atoms with Gasteiger partial charge in [0, 0.05) is 10.9 Å². The largest absolute Gasteiger partial charge is 0.444 e. The summed E-state index contributed by atoms with van der Waals surface area (Å²) in [5.74, 6) is 2.73. The van der Waals surface area contributed by atoms with Crippen LogP contribution in [0.5, 0.6) is 0 Å². The number of aromatic nitrogens is 3. The number of alkyl halides is 1. The van der Waals surface area contributed by atoms with Gasteiger partial charge in [-0.2, -0.15) is 0 Å². The van der Waals surface area contributed by atoms with Crippen LogP contribution in [-0.2, 0) is 18.8 Å². The van der Waals surface area contributed by atoms with Crippen molar-refractivity contribution in [3.63, 3.8) is 0 Å². The van der Waals surface area contributed by atoms with Gasteiger partial charge in [0.15, 0.2) is 0 Å². The molecule has 0 fully saturated rings. The van der Waals surface area contributed by atoms with E-state index in [1.54, 1.807) is 6.20 Å². The third-order valence-corrected chi connectivity index (χ3v) is 3.88. The number of rotatable bonds is 4. The van der Waals surface area contributed by atoms with E-state index in [0.29, 0.717) is 18.3 Å². The fraction of sp³-hybridized carbons (Fsp3) is 0.286. The van der Waals surface area contributed by atoms with E-state index < -0.39 is 0 Å². The van der Waals surface area contributed by atoms with Crippen molar-refractivity contribution in [1.82, 2.24) is 14.5 Å². The molecule has 0 radical (unpaired) electrons. The van der Waals surface area contributed by atoms with Crippen LogP contribution < -0.4 is 0 Å². The van der Waals surface area contributed by atoms with Gasteiger partial charge in [0.25, 0.3) is 0 Å². The van der Waals surface area contributed by atoms with Gasteiger partial charge in [0.1, 0.15) is 18.1 Å². The summed E-state index contributed by atoms with van der Waals surface area (Å²) < 4.78 is 8.72. The lowest BCUT2D eigenvalue weighted by molar-refractivity contribution is 0.446. The first-order valence-corrected chi connectivity index (χ1v) is 7.68. The smallest absolute Gasteiger partial charge is 0.214 e. The normalized spacial score (nSPS) is 11.3.